The van der Waals surface area contributed by atoms with Gasteiger partial charge in [-0.15, -0.1) is 0 Å². The number of benzene rings is 3. The monoisotopic (exact) mass is 542 g/mol. The van der Waals surface area contributed by atoms with Crippen LogP contribution >= 0.6 is 23.5 Å². The van der Waals surface area contributed by atoms with E-state index in [4.69, 9.17) is 4.99 Å². The van der Waals surface area contributed by atoms with E-state index >= 15 is 0 Å². The van der Waals surface area contributed by atoms with Crippen molar-refractivity contribution >= 4 is 50.8 Å². The molecule has 1 saturated heterocycles. The van der Waals surface area contributed by atoms with Crippen LogP contribution in [0.25, 0.3) is 4.91 Å². The van der Waals surface area contributed by atoms with Gasteiger partial charge in [-0.1, -0.05) is 84.2 Å². The maximum atomic E-state index is 12.1. The molecule has 3 aromatic rings. The van der Waals surface area contributed by atoms with E-state index in [1.807, 2.05) is 37.4 Å². The minimum absolute atomic E-state index is 0.0341. The Hall–Kier alpha value is -3.42. The Morgan fingerprint density at radius 1 is 1.03 bits per heavy atom. The lowest BCUT2D eigenvalue weighted by molar-refractivity contribution is 0.101. The molecular formula is C31H34N4OS2. The molecule has 0 atom stereocenters. The molecule has 0 saturated carbocycles. The third-order valence-electron chi connectivity index (χ3n) is 6.10. The second kappa shape index (κ2) is 13.4. The van der Waals surface area contributed by atoms with E-state index in [1.54, 1.807) is 30.4 Å². The molecule has 0 amide bonds. The molecule has 2 N–H and O–H groups in total. The molecule has 0 bridgehead atoms. The Morgan fingerprint density at radius 2 is 1.74 bits per heavy atom. The average molecular weight is 543 g/mol. The predicted molar refractivity (Wildman–Crippen MR) is 166 cm³/mol. The Morgan fingerprint density at radius 3 is 2.39 bits per heavy atom. The second-order valence-corrected chi connectivity index (χ2v) is 10.9. The van der Waals surface area contributed by atoms with E-state index in [9.17, 15) is 4.79 Å². The smallest absolute Gasteiger partial charge is 0.169 e. The number of allylic oxidation sites excluding steroid dienone is 1. The van der Waals surface area contributed by atoms with Gasteiger partial charge in [0.05, 0.1) is 17.9 Å². The number of thioether (sulfide) groups is 2. The number of Topliss-reactive ketones (excluding diaryl/α,β-unsaturated/α-hetero) is 1. The number of aliphatic imine (C=N–C) groups is 1. The third-order valence-corrected chi connectivity index (χ3v) is 8.47. The van der Waals surface area contributed by atoms with E-state index in [0.717, 1.165) is 41.9 Å². The van der Waals surface area contributed by atoms with Gasteiger partial charge in [-0.2, -0.15) is 0 Å². The first-order valence-corrected chi connectivity index (χ1v) is 14.4. The number of rotatable bonds is 10. The number of hydrogen-bond donors (Lipinski definition) is 2. The van der Waals surface area contributed by atoms with Gasteiger partial charge in [0.1, 0.15) is 0 Å². The highest BCUT2D eigenvalue weighted by Crippen LogP contribution is 2.39. The zero-order chi connectivity index (χ0) is 26.9. The van der Waals surface area contributed by atoms with Crippen molar-refractivity contribution in [2.45, 2.75) is 27.3 Å². The second-order valence-electron chi connectivity index (χ2n) is 8.93. The summed E-state index contributed by atoms with van der Waals surface area (Å²) in [5, 5.41) is 9.87. The summed E-state index contributed by atoms with van der Waals surface area (Å²) in [6, 6.07) is 26.6. The van der Waals surface area contributed by atoms with E-state index in [2.05, 4.69) is 83.3 Å². The van der Waals surface area contributed by atoms with Crippen LogP contribution in [0.5, 0.6) is 0 Å². The van der Waals surface area contributed by atoms with Crippen molar-refractivity contribution in [3.8, 4) is 0 Å². The molecule has 38 heavy (non-hydrogen) atoms. The SMILES string of the molecule is CCNc1ccc(C(C)=O)cc1N=C1S/C(=C\S/C(=C(/C)NC)c2ccccc2)CN1Cc1ccccc1. The first-order chi connectivity index (χ1) is 18.5. The molecule has 4 rings (SSSR count). The number of carbonyl (C=O) groups is 1. The van der Waals surface area contributed by atoms with Crippen LogP contribution in [0.4, 0.5) is 11.4 Å². The number of hydrogen-bond acceptors (Lipinski definition) is 6. The minimum atomic E-state index is 0.0341. The average Bonchev–Trinajstić information content (AvgIpc) is 3.31. The van der Waals surface area contributed by atoms with Gasteiger partial charge in [0, 0.05) is 41.2 Å². The summed E-state index contributed by atoms with van der Waals surface area (Å²) in [4.78, 5) is 21.9. The summed E-state index contributed by atoms with van der Waals surface area (Å²) in [7, 11) is 1.96. The van der Waals surface area contributed by atoms with Gasteiger partial charge >= 0.3 is 0 Å². The predicted octanol–water partition coefficient (Wildman–Crippen LogP) is 7.74. The van der Waals surface area contributed by atoms with Crippen molar-refractivity contribution in [1.82, 2.24) is 10.2 Å². The van der Waals surface area contributed by atoms with E-state index in [1.165, 1.54) is 20.9 Å². The Bertz CT molecular complexity index is 1350. The molecule has 0 aliphatic carbocycles. The largest absolute Gasteiger partial charge is 0.391 e. The Balaban J connectivity index is 1.68. The fourth-order valence-corrected chi connectivity index (χ4v) is 6.11. The van der Waals surface area contributed by atoms with Crippen molar-refractivity contribution in [2.24, 2.45) is 4.99 Å². The van der Waals surface area contributed by atoms with Crippen molar-refractivity contribution in [3.63, 3.8) is 0 Å². The zero-order valence-corrected chi connectivity index (χ0v) is 24.0. The summed E-state index contributed by atoms with van der Waals surface area (Å²) in [5.41, 5.74) is 5.92. The standard InChI is InChI=1S/C31H34N4OS2/c1-5-33-28-17-16-26(23(3)36)18-29(28)34-31-35(19-24-12-8-6-9-13-24)20-27(38-31)21-37-30(22(2)32-4)25-14-10-7-11-15-25/h6-18,21,32-33H,5,19-20H2,1-4H3/b27-21-,30-22-,34-31?. The van der Waals surface area contributed by atoms with Crippen LogP contribution in [0, 0.1) is 0 Å². The number of amidine groups is 1. The van der Waals surface area contributed by atoms with Gasteiger partial charge < -0.3 is 15.5 Å². The maximum Gasteiger partial charge on any atom is 0.169 e. The Labute approximate surface area is 234 Å². The van der Waals surface area contributed by atoms with Crippen LogP contribution in [0.1, 0.15) is 42.3 Å². The van der Waals surface area contributed by atoms with Crippen LogP contribution in [-0.4, -0.2) is 36.0 Å². The number of nitrogens with zero attached hydrogens (tertiary/aromatic N) is 2. The topological polar surface area (TPSA) is 56.7 Å². The quantitative estimate of drug-likeness (QED) is 0.256. The fourth-order valence-electron chi connectivity index (χ4n) is 4.04. The molecule has 1 fully saturated rings. The van der Waals surface area contributed by atoms with Gasteiger partial charge in [0.25, 0.3) is 0 Å². The van der Waals surface area contributed by atoms with Crippen molar-refractivity contribution in [1.29, 1.82) is 0 Å². The molecule has 7 heteroatoms. The summed E-state index contributed by atoms with van der Waals surface area (Å²) in [6.45, 7) is 8.07. The lowest BCUT2D eigenvalue weighted by atomic mass is 10.1. The summed E-state index contributed by atoms with van der Waals surface area (Å²) in [6.07, 6.45) is 0. The molecule has 0 spiro atoms. The molecule has 1 aliphatic rings. The first-order valence-electron chi connectivity index (χ1n) is 12.7. The van der Waals surface area contributed by atoms with E-state index in [-0.39, 0.29) is 5.78 Å². The van der Waals surface area contributed by atoms with E-state index in [0.29, 0.717) is 5.56 Å². The van der Waals surface area contributed by atoms with Crippen LogP contribution in [0.15, 0.2) is 99.9 Å². The molecule has 1 heterocycles. The number of nitrogens with one attached hydrogen (secondary N) is 2. The van der Waals surface area contributed by atoms with Crippen LogP contribution in [-0.2, 0) is 6.54 Å². The van der Waals surface area contributed by atoms with Crippen LogP contribution in [0.2, 0.25) is 0 Å². The van der Waals surface area contributed by atoms with Crippen molar-refractivity contribution in [3.05, 3.63) is 112 Å². The fraction of sp³-hybridized carbons (Fsp3) is 0.226. The first kappa shape index (κ1) is 27.6. The summed E-state index contributed by atoms with van der Waals surface area (Å²) >= 11 is 3.43. The molecule has 1 aliphatic heterocycles. The van der Waals surface area contributed by atoms with Crippen molar-refractivity contribution in [2.75, 3.05) is 25.5 Å². The molecule has 0 aromatic heterocycles. The highest BCUT2D eigenvalue weighted by molar-refractivity contribution is 8.18. The van der Waals surface area contributed by atoms with Crippen molar-refractivity contribution < 1.29 is 4.79 Å². The Kier molecular flexibility index (Phi) is 9.73. The van der Waals surface area contributed by atoms with Gasteiger partial charge in [-0.3, -0.25) is 4.79 Å². The number of carbonyl (C=O) groups excluding carboxylic acids is 1. The minimum Gasteiger partial charge on any atom is -0.391 e. The molecule has 3 aromatic carbocycles. The summed E-state index contributed by atoms with van der Waals surface area (Å²) < 4.78 is 0. The lowest BCUT2D eigenvalue weighted by Gasteiger charge is -2.18. The highest BCUT2D eigenvalue weighted by Gasteiger charge is 2.25. The van der Waals surface area contributed by atoms with Crippen LogP contribution in [0.3, 0.4) is 0 Å². The number of anilines is 1. The normalized spacial score (nSPS) is 16.1. The lowest BCUT2D eigenvalue weighted by Crippen LogP contribution is -2.23. The van der Waals surface area contributed by atoms with E-state index < -0.39 is 0 Å². The van der Waals surface area contributed by atoms with Gasteiger partial charge in [-0.25, -0.2) is 4.99 Å². The molecular weight excluding hydrogens is 509 g/mol. The molecule has 0 unspecified atom stereocenters. The summed E-state index contributed by atoms with van der Waals surface area (Å²) in [5.74, 6) is 0.0341. The van der Waals surface area contributed by atoms with Gasteiger partial charge in [0.2, 0.25) is 0 Å². The molecule has 196 valence electrons. The van der Waals surface area contributed by atoms with Gasteiger partial charge in [-0.05, 0) is 55.5 Å². The third kappa shape index (κ3) is 7.11. The molecule has 0 radical (unpaired) electrons. The van der Waals surface area contributed by atoms with Crippen LogP contribution < -0.4 is 10.6 Å². The maximum absolute atomic E-state index is 12.1. The van der Waals surface area contributed by atoms with Gasteiger partial charge in [0.15, 0.2) is 11.0 Å². The molecule has 5 nitrogen and oxygen atoms in total. The zero-order valence-electron chi connectivity index (χ0n) is 22.3. The highest BCUT2D eigenvalue weighted by atomic mass is 32.2. The number of ketones is 1.